The molecule has 0 spiro atoms. The van der Waals surface area contributed by atoms with Gasteiger partial charge in [0.15, 0.2) is 6.10 Å². The van der Waals surface area contributed by atoms with Gasteiger partial charge in [-0.25, -0.2) is 4.98 Å². The second-order valence-electron chi connectivity index (χ2n) is 5.67. The number of aromatic nitrogens is 1. The number of nitrogens with one attached hydrogen (secondary N) is 1. The van der Waals surface area contributed by atoms with E-state index in [1.54, 1.807) is 19.1 Å². The molecule has 0 radical (unpaired) electrons. The van der Waals surface area contributed by atoms with Gasteiger partial charge in [0.05, 0.1) is 5.02 Å². The highest BCUT2D eigenvalue weighted by Crippen LogP contribution is 2.28. The Balaban J connectivity index is 1.72. The van der Waals surface area contributed by atoms with E-state index in [9.17, 15) is 9.59 Å². The van der Waals surface area contributed by atoms with Crippen LogP contribution < -0.4 is 5.32 Å². The summed E-state index contributed by atoms with van der Waals surface area (Å²) in [5.74, 6) is 0.292. The van der Waals surface area contributed by atoms with E-state index in [4.69, 9.17) is 16.3 Å². The van der Waals surface area contributed by atoms with Crippen molar-refractivity contribution >= 4 is 29.3 Å². The van der Waals surface area contributed by atoms with Gasteiger partial charge in [-0.3, -0.25) is 9.59 Å². The van der Waals surface area contributed by atoms with Crippen LogP contribution in [0.1, 0.15) is 45.4 Å². The van der Waals surface area contributed by atoms with Crippen molar-refractivity contribution in [1.29, 1.82) is 0 Å². The lowest BCUT2D eigenvalue weighted by molar-refractivity contribution is -0.153. The van der Waals surface area contributed by atoms with Crippen LogP contribution in [0, 0.1) is 5.92 Å². The van der Waals surface area contributed by atoms with Crippen LogP contribution in [0.2, 0.25) is 5.02 Å². The Morgan fingerprint density at radius 1 is 1.41 bits per heavy atom. The summed E-state index contributed by atoms with van der Waals surface area (Å²) in [5.41, 5.74) is 0. The van der Waals surface area contributed by atoms with Crippen molar-refractivity contribution in [2.45, 2.75) is 51.6 Å². The number of rotatable bonds is 6. The quantitative estimate of drug-likeness (QED) is 0.812. The van der Waals surface area contributed by atoms with Crippen LogP contribution in [0.3, 0.4) is 0 Å². The monoisotopic (exact) mass is 324 g/mol. The minimum Gasteiger partial charge on any atom is -0.453 e. The number of ether oxygens (including phenoxy) is 1. The second kappa shape index (κ2) is 8.13. The number of hydrogen-bond donors (Lipinski definition) is 1. The normalized spacial score (nSPS) is 16.3. The van der Waals surface area contributed by atoms with E-state index < -0.39 is 12.0 Å². The molecule has 1 aromatic heterocycles. The van der Waals surface area contributed by atoms with E-state index in [1.165, 1.54) is 31.9 Å². The first-order valence-electron chi connectivity index (χ1n) is 7.66. The molecular formula is C16H21ClN2O3. The van der Waals surface area contributed by atoms with E-state index in [0.717, 1.165) is 6.42 Å². The average molecular weight is 325 g/mol. The molecule has 6 heteroatoms. The molecule has 0 aliphatic heterocycles. The molecule has 5 nitrogen and oxygen atoms in total. The fourth-order valence-corrected chi connectivity index (χ4v) is 2.72. The van der Waals surface area contributed by atoms with E-state index in [2.05, 4.69) is 10.3 Å². The van der Waals surface area contributed by atoms with E-state index in [1.807, 2.05) is 0 Å². The number of amides is 1. The fourth-order valence-electron chi connectivity index (χ4n) is 2.61. The van der Waals surface area contributed by atoms with Gasteiger partial charge in [-0.15, -0.1) is 0 Å². The molecule has 0 saturated heterocycles. The predicted molar refractivity (Wildman–Crippen MR) is 84.6 cm³/mol. The Labute approximate surface area is 135 Å². The standard InChI is InChI=1S/C16H21ClN2O3/c1-11(16(21)19-14-8-7-13(17)10-18-14)22-15(20)9-6-12-4-2-3-5-12/h7-8,10-12H,2-6,9H2,1H3,(H,18,19,21)/t11-/m1/s1. The molecule has 1 fully saturated rings. The molecule has 1 heterocycles. The number of hydrogen-bond acceptors (Lipinski definition) is 4. The van der Waals surface area contributed by atoms with Crippen molar-refractivity contribution in [1.82, 2.24) is 4.98 Å². The highest BCUT2D eigenvalue weighted by molar-refractivity contribution is 6.30. The first-order chi connectivity index (χ1) is 10.5. The van der Waals surface area contributed by atoms with Crippen LogP contribution in [0.15, 0.2) is 18.3 Å². The van der Waals surface area contributed by atoms with E-state index >= 15 is 0 Å². The van der Waals surface area contributed by atoms with Gasteiger partial charge in [-0.2, -0.15) is 0 Å². The van der Waals surface area contributed by atoms with Gasteiger partial charge in [0.2, 0.25) is 0 Å². The maximum Gasteiger partial charge on any atom is 0.306 e. The van der Waals surface area contributed by atoms with Gasteiger partial charge in [-0.1, -0.05) is 37.3 Å². The van der Waals surface area contributed by atoms with Crippen LogP contribution in [0.5, 0.6) is 0 Å². The van der Waals surface area contributed by atoms with Crippen molar-refractivity contribution < 1.29 is 14.3 Å². The zero-order valence-corrected chi connectivity index (χ0v) is 13.4. The largest absolute Gasteiger partial charge is 0.453 e. The summed E-state index contributed by atoms with van der Waals surface area (Å²) < 4.78 is 5.16. The lowest BCUT2D eigenvalue weighted by Crippen LogP contribution is -2.30. The molecule has 120 valence electrons. The summed E-state index contributed by atoms with van der Waals surface area (Å²) in [6.45, 7) is 1.55. The topological polar surface area (TPSA) is 68.3 Å². The van der Waals surface area contributed by atoms with E-state index in [0.29, 0.717) is 23.2 Å². The van der Waals surface area contributed by atoms with Crippen LogP contribution >= 0.6 is 11.6 Å². The number of pyridine rings is 1. The van der Waals surface area contributed by atoms with Crippen molar-refractivity contribution in [3.63, 3.8) is 0 Å². The SMILES string of the molecule is C[C@@H](OC(=O)CCC1CCCC1)C(=O)Nc1ccc(Cl)cn1. The Bertz CT molecular complexity index is 513. The molecule has 0 unspecified atom stereocenters. The van der Waals surface area contributed by atoms with Crippen molar-refractivity contribution in [2.75, 3.05) is 5.32 Å². The maximum atomic E-state index is 11.9. The van der Waals surface area contributed by atoms with Crippen LogP contribution in [0.4, 0.5) is 5.82 Å². The number of esters is 1. The molecule has 1 saturated carbocycles. The lowest BCUT2D eigenvalue weighted by atomic mass is 10.0. The molecular weight excluding hydrogens is 304 g/mol. The first-order valence-corrected chi connectivity index (χ1v) is 8.04. The van der Waals surface area contributed by atoms with Crippen molar-refractivity contribution in [3.05, 3.63) is 23.4 Å². The molecule has 22 heavy (non-hydrogen) atoms. The van der Waals surface area contributed by atoms with Gasteiger partial charge in [0, 0.05) is 12.6 Å². The highest BCUT2D eigenvalue weighted by Gasteiger charge is 2.20. The fraction of sp³-hybridized carbons (Fsp3) is 0.562. The minimum atomic E-state index is -0.839. The summed E-state index contributed by atoms with van der Waals surface area (Å²) in [6, 6.07) is 3.22. The van der Waals surface area contributed by atoms with Gasteiger partial charge in [0.25, 0.3) is 5.91 Å². The van der Waals surface area contributed by atoms with Crippen LogP contribution in [-0.4, -0.2) is 23.0 Å². The molecule has 1 amide bonds. The van der Waals surface area contributed by atoms with Gasteiger partial charge >= 0.3 is 5.97 Å². The zero-order valence-electron chi connectivity index (χ0n) is 12.7. The summed E-state index contributed by atoms with van der Waals surface area (Å²) in [7, 11) is 0. The molecule has 1 aliphatic carbocycles. The third kappa shape index (κ3) is 5.30. The average Bonchev–Trinajstić information content (AvgIpc) is 3.01. The summed E-state index contributed by atoms with van der Waals surface area (Å²) in [6.07, 6.45) is 6.74. The summed E-state index contributed by atoms with van der Waals surface area (Å²) in [5, 5.41) is 3.08. The molecule has 1 N–H and O–H groups in total. The number of nitrogens with zero attached hydrogens (tertiary/aromatic N) is 1. The Morgan fingerprint density at radius 3 is 2.77 bits per heavy atom. The maximum absolute atomic E-state index is 11.9. The van der Waals surface area contributed by atoms with Crippen molar-refractivity contribution in [2.24, 2.45) is 5.92 Å². The van der Waals surface area contributed by atoms with E-state index in [-0.39, 0.29) is 5.97 Å². The van der Waals surface area contributed by atoms with Gasteiger partial charge in [0.1, 0.15) is 5.82 Å². The summed E-state index contributed by atoms with van der Waals surface area (Å²) >= 11 is 5.72. The van der Waals surface area contributed by atoms with Gasteiger partial charge in [-0.05, 0) is 31.4 Å². The third-order valence-corrected chi connectivity index (χ3v) is 4.11. The number of halogens is 1. The molecule has 1 aromatic rings. The van der Waals surface area contributed by atoms with Crippen molar-refractivity contribution in [3.8, 4) is 0 Å². The zero-order chi connectivity index (χ0) is 15.9. The molecule has 0 bridgehead atoms. The predicted octanol–water partition coefficient (Wildman–Crippen LogP) is 3.58. The van der Waals surface area contributed by atoms with Crippen LogP contribution in [-0.2, 0) is 14.3 Å². The van der Waals surface area contributed by atoms with Crippen LogP contribution in [0.25, 0.3) is 0 Å². The Morgan fingerprint density at radius 2 is 2.14 bits per heavy atom. The molecule has 1 aliphatic rings. The Kier molecular flexibility index (Phi) is 6.19. The molecule has 1 atom stereocenters. The number of carbonyl (C=O) groups excluding carboxylic acids is 2. The smallest absolute Gasteiger partial charge is 0.306 e. The first kappa shape index (κ1) is 16.7. The molecule has 2 rings (SSSR count). The Hall–Kier alpha value is -1.62. The second-order valence-corrected chi connectivity index (χ2v) is 6.11. The lowest BCUT2D eigenvalue weighted by Gasteiger charge is -2.14. The molecule has 0 aromatic carbocycles. The number of anilines is 1. The summed E-state index contributed by atoms with van der Waals surface area (Å²) in [4.78, 5) is 27.7. The van der Waals surface area contributed by atoms with Gasteiger partial charge < -0.3 is 10.1 Å². The minimum absolute atomic E-state index is 0.321. The number of carbonyl (C=O) groups is 2. The third-order valence-electron chi connectivity index (χ3n) is 3.89. The highest BCUT2D eigenvalue weighted by atomic mass is 35.5.